The predicted molar refractivity (Wildman–Crippen MR) is 116 cm³/mol. The van der Waals surface area contributed by atoms with Crippen molar-refractivity contribution in [3.8, 4) is 22.8 Å². The first-order valence-corrected chi connectivity index (χ1v) is 9.85. The van der Waals surface area contributed by atoms with Gasteiger partial charge in [-0.1, -0.05) is 60.4 Å². The number of fused-ring (bicyclic) bond motifs is 1. The van der Waals surface area contributed by atoms with Crippen LogP contribution in [0.25, 0.3) is 22.3 Å². The Morgan fingerprint density at radius 2 is 1.93 bits per heavy atom. The van der Waals surface area contributed by atoms with Crippen molar-refractivity contribution in [1.82, 2.24) is 14.6 Å². The number of thiazole rings is 1. The van der Waals surface area contributed by atoms with Gasteiger partial charge in [0.25, 0.3) is 5.56 Å². The second-order valence-corrected chi connectivity index (χ2v) is 7.26. The van der Waals surface area contributed by atoms with Gasteiger partial charge in [-0.3, -0.25) is 9.59 Å². The molecule has 0 amide bonds. The van der Waals surface area contributed by atoms with Gasteiger partial charge in [-0.2, -0.15) is 14.6 Å². The maximum atomic E-state index is 12.9. The summed E-state index contributed by atoms with van der Waals surface area (Å²) < 4.78 is 12.5. The van der Waals surface area contributed by atoms with Crippen LogP contribution in [0.5, 0.6) is 11.5 Å². The van der Waals surface area contributed by atoms with E-state index < -0.39 is 5.56 Å². The molecule has 0 aliphatic heterocycles. The normalized spacial score (nSPS) is 11.6. The quantitative estimate of drug-likeness (QED) is 0.446. The van der Waals surface area contributed by atoms with Crippen LogP contribution in [0.4, 0.5) is 0 Å². The summed E-state index contributed by atoms with van der Waals surface area (Å²) in [5.74, 6) is 1.12. The molecule has 0 saturated heterocycles. The Labute approximate surface area is 175 Å². The average molecular weight is 419 g/mol. The van der Waals surface area contributed by atoms with Gasteiger partial charge in [0, 0.05) is 5.56 Å². The molecule has 0 radical (unpaired) electrons. The zero-order valence-corrected chi connectivity index (χ0v) is 16.9. The van der Waals surface area contributed by atoms with Gasteiger partial charge in [0.2, 0.25) is 4.96 Å². The first-order chi connectivity index (χ1) is 14.6. The molecule has 4 rings (SSSR count). The fraction of sp³-hybridized carbons (Fsp3) is 0.0909. The molecule has 2 heterocycles. The van der Waals surface area contributed by atoms with Crippen LogP contribution in [0.3, 0.4) is 0 Å². The van der Waals surface area contributed by atoms with Crippen LogP contribution >= 0.6 is 11.3 Å². The van der Waals surface area contributed by atoms with Gasteiger partial charge in [0.1, 0.15) is 6.61 Å². The molecule has 0 aliphatic rings. The third kappa shape index (κ3) is 3.72. The zero-order chi connectivity index (χ0) is 21.1. The van der Waals surface area contributed by atoms with Gasteiger partial charge >= 0.3 is 5.56 Å². The Hall–Kier alpha value is -3.78. The smallest absolute Gasteiger partial charge is 0.300 e. The van der Waals surface area contributed by atoms with Crippen LogP contribution in [-0.4, -0.2) is 28.3 Å². The van der Waals surface area contributed by atoms with Crippen molar-refractivity contribution in [3.63, 3.8) is 0 Å². The van der Waals surface area contributed by atoms with Crippen molar-refractivity contribution in [2.24, 2.45) is 0 Å². The van der Waals surface area contributed by atoms with Crippen molar-refractivity contribution in [3.05, 3.63) is 92.0 Å². The number of hydrogen-bond donors (Lipinski definition) is 0. The Morgan fingerprint density at radius 1 is 1.13 bits per heavy atom. The second kappa shape index (κ2) is 8.30. The molecule has 7 nitrogen and oxygen atoms in total. The predicted octanol–water partition coefficient (Wildman–Crippen LogP) is 2.30. The first kappa shape index (κ1) is 19.5. The molecule has 0 spiro atoms. The molecule has 2 aromatic heterocycles. The van der Waals surface area contributed by atoms with E-state index in [4.69, 9.17) is 9.47 Å². The molecule has 0 atom stereocenters. The molecule has 150 valence electrons. The monoisotopic (exact) mass is 419 g/mol. The number of aromatic nitrogens is 3. The summed E-state index contributed by atoms with van der Waals surface area (Å²) in [6, 6.07) is 14.3. The minimum absolute atomic E-state index is 0.139. The van der Waals surface area contributed by atoms with E-state index in [-0.39, 0.29) is 16.2 Å². The highest BCUT2D eigenvalue weighted by molar-refractivity contribution is 7.15. The molecule has 0 saturated carbocycles. The minimum Gasteiger partial charge on any atom is -0.493 e. The number of rotatable bonds is 6. The number of hydrogen-bond acceptors (Lipinski definition) is 7. The van der Waals surface area contributed by atoms with Crippen molar-refractivity contribution in [2.45, 2.75) is 0 Å². The molecule has 0 unspecified atom stereocenters. The minimum atomic E-state index is -0.473. The van der Waals surface area contributed by atoms with E-state index in [2.05, 4.69) is 16.7 Å². The van der Waals surface area contributed by atoms with Crippen LogP contribution < -0.4 is 25.1 Å². The zero-order valence-electron chi connectivity index (χ0n) is 16.1. The molecule has 0 N–H and O–H groups in total. The number of nitrogens with zero attached hydrogens (tertiary/aromatic N) is 3. The lowest BCUT2D eigenvalue weighted by atomic mass is 10.2. The fourth-order valence-electron chi connectivity index (χ4n) is 2.88. The summed E-state index contributed by atoms with van der Waals surface area (Å²) in [7, 11) is 1.54. The van der Waals surface area contributed by atoms with Gasteiger partial charge < -0.3 is 9.47 Å². The Balaban J connectivity index is 1.81. The van der Waals surface area contributed by atoms with E-state index in [0.717, 1.165) is 16.9 Å². The van der Waals surface area contributed by atoms with Crippen molar-refractivity contribution in [1.29, 1.82) is 0 Å². The number of benzene rings is 2. The SMILES string of the molecule is C=CCOc1ccc(/C=c2/sc3nc(=O)c(-c4ccccc4)nn3c2=O)cc1OC. The molecule has 2 aromatic carbocycles. The molecule has 0 fully saturated rings. The molecule has 8 heteroatoms. The van der Waals surface area contributed by atoms with Crippen molar-refractivity contribution >= 4 is 22.4 Å². The Bertz CT molecular complexity index is 1390. The van der Waals surface area contributed by atoms with Gasteiger partial charge in [-0.25, -0.2) is 0 Å². The van der Waals surface area contributed by atoms with E-state index in [9.17, 15) is 9.59 Å². The lowest BCUT2D eigenvalue weighted by Gasteiger charge is -2.09. The molecular weight excluding hydrogens is 402 g/mol. The Kier molecular flexibility index (Phi) is 5.40. The van der Waals surface area contributed by atoms with Crippen LogP contribution in [0.15, 0.2) is 70.8 Å². The summed E-state index contributed by atoms with van der Waals surface area (Å²) in [4.78, 5) is 29.5. The van der Waals surface area contributed by atoms with E-state index in [0.29, 0.717) is 28.2 Å². The summed E-state index contributed by atoms with van der Waals surface area (Å²) in [6.45, 7) is 3.98. The Morgan fingerprint density at radius 3 is 2.67 bits per heavy atom. The van der Waals surface area contributed by atoms with Gasteiger partial charge in [0.15, 0.2) is 17.2 Å². The van der Waals surface area contributed by atoms with Gasteiger partial charge in [-0.15, -0.1) is 0 Å². The molecule has 0 aliphatic carbocycles. The first-order valence-electron chi connectivity index (χ1n) is 9.03. The maximum absolute atomic E-state index is 12.9. The summed E-state index contributed by atoms with van der Waals surface area (Å²) >= 11 is 1.10. The van der Waals surface area contributed by atoms with Gasteiger partial charge in [-0.05, 0) is 23.8 Å². The summed E-state index contributed by atoms with van der Waals surface area (Å²) in [6.07, 6.45) is 3.35. The maximum Gasteiger partial charge on any atom is 0.300 e. The third-order valence-corrected chi connectivity index (χ3v) is 5.23. The fourth-order valence-corrected chi connectivity index (χ4v) is 3.78. The van der Waals surface area contributed by atoms with E-state index in [1.54, 1.807) is 55.7 Å². The highest BCUT2D eigenvalue weighted by atomic mass is 32.1. The van der Waals surface area contributed by atoms with E-state index >= 15 is 0 Å². The largest absolute Gasteiger partial charge is 0.493 e. The standard InChI is InChI=1S/C22H17N3O4S/c1-3-11-29-16-10-9-14(12-17(16)28-2)13-18-21(27)25-22(30-18)23-20(26)19(24-25)15-7-5-4-6-8-15/h3-10,12-13H,1,11H2,2H3/b18-13+. The molecule has 30 heavy (non-hydrogen) atoms. The highest BCUT2D eigenvalue weighted by Crippen LogP contribution is 2.28. The van der Waals surface area contributed by atoms with Crippen molar-refractivity contribution < 1.29 is 9.47 Å². The summed E-state index contributed by atoms with van der Waals surface area (Å²) in [5.41, 5.74) is 0.679. The van der Waals surface area contributed by atoms with Crippen LogP contribution in [-0.2, 0) is 0 Å². The lowest BCUT2D eigenvalue weighted by molar-refractivity contribution is 0.326. The average Bonchev–Trinajstić information content (AvgIpc) is 3.06. The van der Waals surface area contributed by atoms with Gasteiger partial charge in [0.05, 0.1) is 11.6 Å². The van der Waals surface area contributed by atoms with Crippen molar-refractivity contribution in [2.75, 3.05) is 13.7 Å². The molecule has 4 aromatic rings. The number of ether oxygens (including phenoxy) is 2. The third-order valence-electron chi connectivity index (χ3n) is 4.27. The molecular formula is C22H17N3O4S. The van der Waals surface area contributed by atoms with Crippen LogP contribution in [0.2, 0.25) is 0 Å². The lowest BCUT2D eigenvalue weighted by Crippen LogP contribution is -2.26. The second-order valence-electron chi connectivity index (χ2n) is 6.25. The van der Waals surface area contributed by atoms with Crippen LogP contribution in [0.1, 0.15) is 5.56 Å². The van der Waals surface area contributed by atoms with Crippen LogP contribution in [0, 0.1) is 0 Å². The molecule has 0 bridgehead atoms. The van der Waals surface area contributed by atoms with E-state index in [1.807, 2.05) is 12.1 Å². The van der Waals surface area contributed by atoms with E-state index in [1.165, 1.54) is 4.52 Å². The number of methoxy groups -OCH3 is 1. The summed E-state index contributed by atoms with van der Waals surface area (Å²) in [5, 5.41) is 4.25. The highest BCUT2D eigenvalue weighted by Gasteiger charge is 2.13. The topological polar surface area (TPSA) is 82.8 Å².